The lowest BCUT2D eigenvalue weighted by Gasteiger charge is -2.43. The van der Waals surface area contributed by atoms with E-state index in [2.05, 4.69) is 69.2 Å². The molecular weight excluding hydrogens is 825 g/mol. The summed E-state index contributed by atoms with van der Waals surface area (Å²) in [4.78, 5) is 63.0. The number of hydrogen-bond acceptors (Lipinski definition) is 12. The summed E-state index contributed by atoms with van der Waals surface area (Å²) in [7, 11) is 2.03. The van der Waals surface area contributed by atoms with Crippen LogP contribution in [0.5, 0.6) is 0 Å². The van der Waals surface area contributed by atoms with Crippen LogP contribution in [0.1, 0.15) is 92.9 Å². The first-order valence-corrected chi connectivity index (χ1v) is 23.0. The summed E-state index contributed by atoms with van der Waals surface area (Å²) in [6, 6.07) is 17.7. The number of nitrogens with one attached hydrogen (secondary N) is 2. The molecular formula is C48H56N12O5. The minimum Gasteiger partial charge on any atom is -0.386 e. The summed E-state index contributed by atoms with van der Waals surface area (Å²) in [5, 5.41) is 36.1. The van der Waals surface area contributed by atoms with Gasteiger partial charge in [-0.15, -0.1) is 0 Å². The highest BCUT2D eigenvalue weighted by atomic mass is 16.3. The molecule has 65 heavy (non-hydrogen) atoms. The zero-order valence-corrected chi connectivity index (χ0v) is 37.2. The molecule has 1 aliphatic carbocycles. The summed E-state index contributed by atoms with van der Waals surface area (Å²) < 4.78 is 3.55. The molecule has 1 atom stereocenters. The monoisotopic (exact) mass is 880 g/mol. The number of amides is 4. The Morgan fingerprint density at radius 3 is 2.37 bits per heavy atom. The van der Waals surface area contributed by atoms with Gasteiger partial charge in [-0.2, -0.15) is 15.5 Å². The van der Waals surface area contributed by atoms with E-state index >= 15 is 0 Å². The van der Waals surface area contributed by atoms with E-state index in [4.69, 9.17) is 5.10 Å². The van der Waals surface area contributed by atoms with Crippen LogP contribution in [-0.2, 0) is 20.0 Å². The van der Waals surface area contributed by atoms with Crippen LogP contribution >= 0.6 is 0 Å². The third-order valence-electron chi connectivity index (χ3n) is 14.5. The molecule has 3 N–H and O–H groups in total. The number of nitrogens with zero attached hydrogens (tertiary/aromatic N) is 10. The van der Waals surface area contributed by atoms with Gasteiger partial charge in [-0.05, 0) is 107 Å². The van der Waals surface area contributed by atoms with Gasteiger partial charge in [0.15, 0.2) is 0 Å². The molecule has 7 heterocycles. The zero-order chi connectivity index (χ0) is 45.1. The van der Waals surface area contributed by atoms with Gasteiger partial charge >= 0.3 is 0 Å². The van der Waals surface area contributed by atoms with Crippen LogP contribution in [0.25, 0.3) is 16.4 Å². The molecule has 3 aromatic heterocycles. The average Bonchev–Trinajstić information content (AvgIpc) is 4.03. The normalized spacial score (nSPS) is 22.4. The maximum absolute atomic E-state index is 13.8. The maximum Gasteiger partial charge on any atom is 0.274 e. The van der Waals surface area contributed by atoms with Crippen LogP contribution < -0.4 is 25.3 Å². The second kappa shape index (κ2) is 16.8. The number of rotatable bonds is 8. The molecule has 5 aliphatic rings. The van der Waals surface area contributed by atoms with E-state index in [0.29, 0.717) is 53.6 Å². The lowest BCUT2D eigenvalue weighted by Crippen LogP contribution is -2.54. The fraction of sp³-hybridized carbons (Fsp3) is 0.479. The number of imide groups is 1. The highest BCUT2D eigenvalue weighted by molar-refractivity contribution is 6.05. The summed E-state index contributed by atoms with van der Waals surface area (Å²) >= 11 is 0. The van der Waals surface area contributed by atoms with Crippen LogP contribution in [0.15, 0.2) is 60.9 Å². The Morgan fingerprint density at radius 2 is 1.65 bits per heavy atom. The number of hydrogen-bond donors (Lipinski definition) is 3. The van der Waals surface area contributed by atoms with E-state index < -0.39 is 5.60 Å². The summed E-state index contributed by atoms with van der Waals surface area (Å²) in [5.41, 5.74) is 5.13. The fourth-order valence-corrected chi connectivity index (χ4v) is 10.8. The third-order valence-corrected chi connectivity index (χ3v) is 14.5. The van der Waals surface area contributed by atoms with Crippen molar-refractivity contribution >= 4 is 62.8 Å². The minimum atomic E-state index is -1.25. The van der Waals surface area contributed by atoms with Crippen molar-refractivity contribution in [2.45, 2.75) is 88.9 Å². The lowest BCUT2D eigenvalue weighted by molar-refractivity contribution is -0.138. The standard InChI is InChI=1S/C48H56N12O5/c1-48(2,65)37-25-38-32(23-39(37)51-46(63)42-11-9-36-22-30(26-49)27-50-60(36)42)28-59(53-38)34-6-4-33(5-7-34)56-18-20-57(21-19-56)47(64)31-14-16-55(17-15-31)35-8-10-40-43(24-35)54(3)29-58(40)41-12-13-44(61)52-45(41)62/h8-11,22-25,27-28,31,33-34,41,65H,4-7,12-21,29H2,1-3H3,(H,51,63)(H,52,61,62). The van der Waals surface area contributed by atoms with Gasteiger partial charge in [0.2, 0.25) is 17.7 Å². The molecule has 3 saturated heterocycles. The van der Waals surface area contributed by atoms with Crippen molar-refractivity contribution in [3.05, 3.63) is 77.7 Å². The van der Waals surface area contributed by atoms with Crippen molar-refractivity contribution in [2.75, 3.05) is 73.0 Å². The number of benzene rings is 2. The van der Waals surface area contributed by atoms with Gasteiger partial charge in [0.25, 0.3) is 5.91 Å². The molecule has 17 heteroatoms. The molecule has 0 bridgehead atoms. The molecule has 17 nitrogen and oxygen atoms in total. The number of aliphatic hydroxyl groups is 1. The Kier molecular flexibility index (Phi) is 11.0. The van der Waals surface area contributed by atoms with Crippen molar-refractivity contribution in [3.8, 4) is 6.07 Å². The quantitative estimate of drug-likeness (QED) is 0.184. The highest BCUT2D eigenvalue weighted by Crippen LogP contribution is 2.41. The molecule has 0 radical (unpaired) electrons. The predicted molar refractivity (Wildman–Crippen MR) is 246 cm³/mol. The molecule has 2 aromatic carbocycles. The molecule has 1 saturated carbocycles. The van der Waals surface area contributed by atoms with Gasteiger partial charge in [-0.1, -0.05) is 0 Å². The van der Waals surface area contributed by atoms with Crippen LogP contribution in [-0.4, -0.2) is 123 Å². The SMILES string of the molecule is CN1CN(C2CCC(=O)NC2=O)c2ccc(N3CCC(C(=O)N4CCN(C5CCC(n6cc7cc(NC(=O)c8ccc9cc(C#N)cnn89)c(C(C)(C)O)cc7n6)CC5)CC4)CC3)cc21. The first-order chi connectivity index (χ1) is 31.3. The van der Waals surface area contributed by atoms with Crippen LogP contribution in [0.2, 0.25) is 0 Å². The Hall–Kier alpha value is -6.51. The van der Waals surface area contributed by atoms with Crippen molar-refractivity contribution in [3.63, 3.8) is 0 Å². The van der Waals surface area contributed by atoms with Crippen molar-refractivity contribution in [2.24, 2.45) is 5.92 Å². The van der Waals surface area contributed by atoms with Crippen LogP contribution in [0, 0.1) is 17.2 Å². The number of piperidine rings is 2. The van der Waals surface area contributed by atoms with Crippen molar-refractivity contribution in [1.29, 1.82) is 5.26 Å². The lowest BCUT2D eigenvalue weighted by atomic mass is 9.89. The number of carbonyl (C=O) groups excluding carboxylic acids is 4. The second-order valence-electron chi connectivity index (χ2n) is 19.0. The molecule has 4 fully saturated rings. The van der Waals surface area contributed by atoms with E-state index in [1.165, 1.54) is 10.7 Å². The highest BCUT2D eigenvalue weighted by Gasteiger charge is 2.38. The number of piperazine rings is 1. The summed E-state index contributed by atoms with van der Waals surface area (Å²) in [6.45, 7) is 8.90. The molecule has 4 aliphatic heterocycles. The summed E-state index contributed by atoms with van der Waals surface area (Å²) in [6.07, 6.45) is 10.1. The molecule has 338 valence electrons. The van der Waals surface area contributed by atoms with Crippen LogP contribution in [0.3, 0.4) is 0 Å². The van der Waals surface area contributed by atoms with E-state index in [-0.39, 0.29) is 41.6 Å². The number of carbonyl (C=O) groups is 4. The van der Waals surface area contributed by atoms with Gasteiger partial charge in [0.05, 0.1) is 52.5 Å². The van der Waals surface area contributed by atoms with Gasteiger partial charge in [0, 0.05) is 93.2 Å². The van der Waals surface area contributed by atoms with Gasteiger partial charge in [-0.25, -0.2) is 4.52 Å². The second-order valence-corrected chi connectivity index (χ2v) is 19.0. The summed E-state index contributed by atoms with van der Waals surface area (Å²) in [5.74, 6) is -0.500. The fourth-order valence-electron chi connectivity index (χ4n) is 10.8. The predicted octanol–water partition coefficient (Wildman–Crippen LogP) is 4.60. The molecule has 1 unspecified atom stereocenters. The van der Waals surface area contributed by atoms with Crippen molar-refractivity contribution < 1.29 is 24.3 Å². The van der Waals surface area contributed by atoms with E-state index in [9.17, 15) is 29.5 Å². The maximum atomic E-state index is 13.8. The molecule has 5 aromatic rings. The van der Waals surface area contributed by atoms with Gasteiger partial charge in [-0.3, -0.25) is 34.1 Å². The first-order valence-electron chi connectivity index (χ1n) is 23.0. The minimum absolute atomic E-state index is 0.0292. The Labute approximate surface area is 377 Å². The third kappa shape index (κ3) is 8.14. The van der Waals surface area contributed by atoms with E-state index in [0.717, 1.165) is 106 Å². The topological polar surface area (TPSA) is 188 Å². The first kappa shape index (κ1) is 42.4. The number of fused-ring (bicyclic) bond motifs is 3. The smallest absolute Gasteiger partial charge is 0.274 e. The van der Waals surface area contributed by atoms with Crippen molar-refractivity contribution in [1.82, 2.24) is 34.5 Å². The number of nitriles is 1. The van der Waals surface area contributed by atoms with E-state index in [1.807, 2.05) is 25.4 Å². The van der Waals surface area contributed by atoms with Gasteiger partial charge < -0.3 is 30.0 Å². The van der Waals surface area contributed by atoms with Crippen LogP contribution in [0.4, 0.5) is 22.7 Å². The molecule has 4 amide bonds. The Balaban J connectivity index is 0.712. The average molecular weight is 881 g/mol. The zero-order valence-electron chi connectivity index (χ0n) is 37.2. The van der Waals surface area contributed by atoms with Gasteiger partial charge in [0.1, 0.15) is 17.8 Å². The molecule has 0 spiro atoms. The largest absolute Gasteiger partial charge is 0.386 e. The molecule has 10 rings (SSSR count). The Morgan fingerprint density at radius 1 is 0.892 bits per heavy atom. The number of aromatic nitrogens is 4. The van der Waals surface area contributed by atoms with E-state index in [1.54, 1.807) is 32.0 Å². The number of anilines is 4. The Bertz CT molecular complexity index is 2730.